The van der Waals surface area contributed by atoms with Crippen LogP contribution in [0.4, 0.5) is 5.69 Å². The highest BCUT2D eigenvalue weighted by atomic mass is 35.5. The maximum absolute atomic E-state index is 14.4. The van der Waals surface area contributed by atoms with Crippen molar-refractivity contribution in [2.75, 3.05) is 10.8 Å². The van der Waals surface area contributed by atoms with Gasteiger partial charge in [0.2, 0.25) is 11.8 Å². The Morgan fingerprint density at radius 3 is 2.00 bits per heavy atom. The highest BCUT2D eigenvalue weighted by Gasteiger charge is 2.34. The van der Waals surface area contributed by atoms with Crippen molar-refractivity contribution in [2.24, 2.45) is 0 Å². The van der Waals surface area contributed by atoms with Gasteiger partial charge in [0.1, 0.15) is 12.6 Å². The zero-order valence-corrected chi connectivity index (χ0v) is 25.8. The number of hydrogen-bond donors (Lipinski definition) is 1. The molecule has 0 heterocycles. The van der Waals surface area contributed by atoms with Crippen LogP contribution in [0.5, 0.6) is 0 Å². The van der Waals surface area contributed by atoms with Crippen LogP contribution in [-0.4, -0.2) is 43.8 Å². The van der Waals surface area contributed by atoms with Crippen LogP contribution in [0.25, 0.3) is 0 Å². The molecule has 9 heteroatoms. The lowest BCUT2D eigenvalue weighted by molar-refractivity contribution is -0.140. The van der Waals surface area contributed by atoms with E-state index in [4.69, 9.17) is 11.6 Å². The molecule has 0 bridgehead atoms. The first-order valence-electron chi connectivity index (χ1n) is 14.2. The van der Waals surface area contributed by atoms with E-state index in [1.807, 2.05) is 50.2 Å². The molecule has 0 fully saturated rings. The topological polar surface area (TPSA) is 86.8 Å². The van der Waals surface area contributed by atoms with Gasteiger partial charge in [-0.3, -0.25) is 13.9 Å². The van der Waals surface area contributed by atoms with Crippen LogP contribution >= 0.6 is 11.6 Å². The SMILES string of the molecule is CC[C@H](C)NC(=O)[C@H](Cc1ccccc1)N(Cc1cccc(Cl)c1)C(=O)CN(c1ccccc1)S(=O)(=O)c1ccccc1. The molecule has 4 aromatic rings. The fraction of sp³-hybridized carbons (Fsp3) is 0.235. The molecule has 4 aromatic carbocycles. The summed E-state index contributed by atoms with van der Waals surface area (Å²) < 4.78 is 29.0. The summed E-state index contributed by atoms with van der Waals surface area (Å²) in [5.74, 6) is -0.839. The molecule has 0 aliphatic heterocycles. The fourth-order valence-electron chi connectivity index (χ4n) is 4.67. The van der Waals surface area contributed by atoms with Crippen molar-refractivity contribution in [3.63, 3.8) is 0 Å². The molecule has 1 N–H and O–H groups in total. The fourth-order valence-corrected chi connectivity index (χ4v) is 6.32. The van der Waals surface area contributed by atoms with Crippen LogP contribution in [0.1, 0.15) is 31.4 Å². The minimum absolute atomic E-state index is 0.0544. The number of nitrogens with zero attached hydrogens (tertiary/aromatic N) is 2. The second kappa shape index (κ2) is 14.8. The Morgan fingerprint density at radius 1 is 0.814 bits per heavy atom. The predicted molar refractivity (Wildman–Crippen MR) is 171 cm³/mol. The number of rotatable bonds is 13. The van der Waals surface area contributed by atoms with Crippen molar-refractivity contribution < 1.29 is 18.0 Å². The molecule has 2 atom stereocenters. The summed E-state index contributed by atoms with van der Waals surface area (Å²) >= 11 is 6.29. The number of halogens is 1. The molecule has 0 aliphatic carbocycles. The summed E-state index contributed by atoms with van der Waals surface area (Å²) in [5, 5.41) is 3.52. The van der Waals surface area contributed by atoms with Crippen molar-refractivity contribution in [1.82, 2.24) is 10.2 Å². The minimum Gasteiger partial charge on any atom is -0.352 e. The number of amides is 2. The molecule has 4 rings (SSSR count). The lowest BCUT2D eigenvalue weighted by Crippen LogP contribution is -2.54. The second-order valence-electron chi connectivity index (χ2n) is 10.3. The molecule has 224 valence electrons. The van der Waals surface area contributed by atoms with E-state index < -0.39 is 28.5 Å². The number of carbonyl (C=O) groups excluding carboxylic acids is 2. The van der Waals surface area contributed by atoms with Gasteiger partial charge in [-0.1, -0.05) is 97.4 Å². The third kappa shape index (κ3) is 8.46. The Hall–Kier alpha value is -4.14. The average molecular weight is 618 g/mol. The average Bonchev–Trinajstić information content (AvgIpc) is 3.02. The van der Waals surface area contributed by atoms with Gasteiger partial charge in [-0.25, -0.2) is 8.42 Å². The number of nitrogens with one attached hydrogen (secondary N) is 1. The highest BCUT2D eigenvalue weighted by molar-refractivity contribution is 7.92. The van der Waals surface area contributed by atoms with E-state index >= 15 is 0 Å². The van der Waals surface area contributed by atoms with Crippen LogP contribution in [0.3, 0.4) is 0 Å². The van der Waals surface area contributed by atoms with Gasteiger partial charge in [0, 0.05) is 24.0 Å². The lowest BCUT2D eigenvalue weighted by atomic mass is 10.0. The Balaban J connectivity index is 1.79. The quantitative estimate of drug-likeness (QED) is 0.197. The van der Waals surface area contributed by atoms with Crippen LogP contribution in [0, 0.1) is 0 Å². The van der Waals surface area contributed by atoms with Crippen LogP contribution in [-0.2, 0) is 32.6 Å². The molecular weight excluding hydrogens is 582 g/mol. The number of para-hydroxylation sites is 1. The van der Waals surface area contributed by atoms with E-state index in [1.165, 1.54) is 17.0 Å². The maximum atomic E-state index is 14.4. The van der Waals surface area contributed by atoms with Crippen LogP contribution < -0.4 is 9.62 Å². The van der Waals surface area contributed by atoms with E-state index in [1.54, 1.807) is 66.7 Å². The van der Waals surface area contributed by atoms with Crippen molar-refractivity contribution in [3.8, 4) is 0 Å². The first-order valence-corrected chi connectivity index (χ1v) is 16.0. The third-order valence-electron chi connectivity index (χ3n) is 7.17. The smallest absolute Gasteiger partial charge is 0.264 e. The van der Waals surface area contributed by atoms with Gasteiger partial charge in [0.25, 0.3) is 10.0 Å². The van der Waals surface area contributed by atoms with Gasteiger partial charge >= 0.3 is 0 Å². The number of benzene rings is 4. The number of sulfonamides is 1. The molecule has 0 aromatic heterocycles. The molecule has 0 spiro atoms. The molecule has 0 saturated carbocycles. The van der Waals surface area contributed by atoms with Crippen molar-refractivity contribution in [3.05, 3.63) is 131 Å². The first-order chi connectivity index (χ1) is 20.7. The molecule has 0 saturated heterocycles. The van der Waals surface area contributed by atoms with Crippen molar-refractivity contribution >= 4 is 39.1 Å². The summed E-state index contributed by atoms with van der Waals surface area (Å²) in [6, 6.07) is 32.0. The standard InChI is InChI=1S/C34H36ClN3O4S/c1-3-26(2)36-34(40)32(23-27-14-7-4-8-15-27)37(24-28-16-13-17-29(35)22-28)33(39)25-38(30-18-9-5-10-19-30)43(41,42)31-20-11-6-12-21-31/h4-22,26,32H,3,23-25H2,1-2H3,(H,36,40)/t26-,32-/m0/s1. The minimum atomic E-state index is -4.13. The summed E-state index contributed by atoms with van der Waals surface area (Å²) in [5.41, 5.74) is 1.92. The summed E-state index contributed by atoms with van der Waals surface area (Å²) in [6.45, 7) is 3.42. The van der Waals surface area contributed by atoms with E-state index in [-0.39, 0.29) is 29.8 Å². The van der Waals surface area contributed by atoms with Gasteiger partial charge in [-0.15, -0.1) is 0 Å². The Labute approximate surface area is 259 Å². The van der Waals surface area contributed by atoms with E-state index in [9.17, 15) is 18.0 Å². The highest BCUT2D eigenvalue weighted by Crippen LogP contribution is 2.25. The van der Waals surface area contributed by atoms with Gasteiger partial charge < -0.3 is 10.2 Å². The largest absolute Gasteiger partial charge is 0.352 e. The second-order valence-corrected chi connectivity index (χ2v) is 12.6. The number of hydrogen-bond acceptors (Lipinski definition) is 4. The summed E-state index contributed by atoms with van der Waals surface area (Å²) in [7, 11) is -4.13. The monoisotopic (exact) mass is 617 g/mol. The first kappa shape index (κ1) is 31.8. The van der Waals surface area contributed by atoms with Crippen LogP contribution in [0.2, 0.25) is 5.02 Å². The molecule has 0 radical (unpaired) electrons. The Kier molecular flexibility index (Phi) is 11.0. The third-order valence-corrected chi connectivity index (χ3v) is 9.19. The summed E-state index contributed by atoms with van der Waals surface area (Å²) in [6.07, 6.45) is 0.954. The zero-order chi connectivity index (χ0) is 30.8. The van der Waals surface area contributed by atoms with Crippen molar-refractivity contribution in [2.45, 2.75) is 50.2 Å². The van der Waals surface area contributed by atoms with Gasteiger partial charge in [0.05, 0.1) is 10.6 Å². The number of anilines is 1. The van der Waals surface area contributed by atoms with E-state index in [2.05, 4.69) is 5.32 Å². The summed E-state index contributed by atoms with van der Waals surface area (Å²) in [4.78, 5) is 29.7. The maximum Gasteiger partial charge on any atom is 0.264 e. The molecular formula is C34H36ClN3O4S. The molecule has 7 nitrogen and oxygen atoms in total. The normalized spacial score (nSPS) is 12.6. The van der Waals surface area contributed by atoms with Gasteiger partial charge in [-0.05, 0) is 60.9 Å². The Bertz CT molecular complexity index is 1600. The van der Waals surface area contributed by atoms with Gasteiger partial charge in [-0.2, -0.15) is 0 Å². The zero-order valence-electron chi connectivity index (χ0n) is 24.3. The van der Waals surface area contributed by atoms with E-state index in [0.717, 1.165) is 9.87 Å². The van der Waals surface area contributed by atoms with Crippen molar-refractivity contribution in [1.29, 1.82) is 0 Å². The molecule has 43 heavy (non-hydrogen) atoms. The molecule has 0 aliphatic rings. The van der Waals surface area contributed by atoms with Gasteiger partial charge in [0.15, 0.2) is 0 Å². The molecule has 0 unspecified atom stereocenters. The predicted octanol–water partition coefficient (Wildman–Crippen LogP) is 6.09. The Morgan fingerprint density at radius 2 is 1.40 bits per heavy atom. The van der Waals surface area contributed by atoms with Crippen LogP contribution in [0.15, 0.2) is 120 Å². The van der Waals surface area contributed by atoms with E-state index in [0.29, 0.717) is 22.7 Å². The number of carbonyl (C=O) groups is 2. The lowest BCUT2D eigenvalue weighted by Gasteiger charge is -2.34. The molecule has 2 amide bonds.